The molecular formula is C10H14N2. The van der Waals surface area contributed by atoms with Gasteiger partial charge in [-0.15, -0.1) is 0 Å². The molecule has 0 aromatic heterocycles. The van der Waals surface area contributed by atoms with E-state index in [1.165, 1.54) is 30.5 Å². The molecule has 1 aromatic carbocycles. The summed E-state index contributed by atoms with van der Waals surface area (Å²) in [4.78, 5) is 0. The van der Waals surface area contributed by atoms with Gasteiger partial charge in [0.1, 0.15) is 0 Å². The normalized spacial score (nSPS) is 16.9. The van der Waals surface area contributed by atoms with Crippen LogP contribution >= 0.6 is 0 Å². The van der Waals surface area contributed by atoms with Crippen molar-refractivity contribution in [1.82, 2.24) is 0 Å². The van der Waals surface area contributed by atoms with Crippen molar-refractivity contribution in [2.75, 3.05) is 11.6 Å². The van der Waals surface area contributed by atoms with Crippen LogP contribution in [0.1, 0.15) is 18.4 Å². The van der Waals surface area contributed by atoms with Crippen molar-refractivity contribution in [2.24, 2.45) is 5.84 Å². The Morgan fingerprint density at radius 2 is 2.00 bits per heavy atom. The van der Waals surface area contributed by atoms with E-state index in [1.54, 1.807) is 0 Å². The highest BCUT2D eigenvalue weighted by Gasteiger charge is 2.10. The lowest BCUT2D eigenvalue weighted by atomic mass is 10.1. The SMILES string of the molecule is NN1CCCCc2ccccc21. The summed E-state index contributed by atoms with van der Waals surface area (Å²) < 4.78 is 0. The Bertz CT molecular complexity index is 270. The van der Waals surface area contributed by atoms with E-state index in [0.29, 0.717) is 0 Å². The molecule has 2 rings (SSSR count). The third-order valence-electron chi connectivity index (χ3n) is 2.40. The van der Waals surface area contributed by atoms with Gasteiger partial charge in [0.2, 0.25) is 0 Å². The predicted molar refractivity (Wildman–Crippen MR) is 50.9 cm³/mol. The fourth-order valence-electron chi connectivity index (χ4n) is 1.72. The number of anilines is 1. The lowest BCUT2D eigenvalue weighted by Gasteiger charge is -2.17. The van der Waals surface area contributed by atoms with Crippen LogP contribution in [0.4, 0.5) is 5.69 Å². The van der Waals surface area contributed by atoms with Crippen LogP contribution in [0.15, 0.2) is 24.3 Å². The third-order valence-corrected chi connectivity index (χ3v) is 2.40. The van der Waals surface area contributed by atoms with Gasteiger partial charge in [0.25, 0.3) is 0 Å². The molecule has 1 aliphatic heterocycles. The van der Waals surface area contributed by atoms with Gasteiger partial charge in [0.05, 0.1) is 5.69 Å². The summed E-state index contributed by atoms with van der Waals surface area (Å²) in [5.74, 6) is 5.88. The number of benzene rings is 1. The largest absolute Gasteiger partial charge is 0.311 e. The van der Waals surface area contributed by atoms with Gasteiger partial charge in [-0.25, -0.2) is 5.84 Å². The van der Waals surface area contributed by atoms with E-state index in [0.717, 1.165) is 6.54 Å². The minimum absolute atomic E-state index is 0.983. The molecule has 0 unspecified atom stereocenters. The first kappa shape index (κ1) is 7.62. The third kappa shape index (κ3) is 1.30. The molecule has 64 valence electrons. The molecular weight excluding hydrogens is 148 g/mol. The molecule has 0 spiro atoms. The standard InChI is InChI=1S/C10H14N2/c11-12-8-4-3-6-9-5-1-2-7-10(9)12/h1-2,5,7H,3-4,6,8,11H2. The van der Waals surface area contributed by atoms with Gasteiger partial charge >= 0.3 is 0 Å². The first-order valence-corrected chi connectivity index (χ1v) is 4.48. The van der Waals surface area contributed by atoms with Crippen LogP contribution in [0.2, 0.25) is 0 Å². The number of para-hydroxylation sites is 1. The number of rotatable bonds is 0. The van der Waals surface area contributed by atoms with Gasteiger partial charge in [-0.05, 0) is 30.9 Å². The molecule has 1 aliphatic rings. The van der Waals surface area contributed by atoms with Crippen molar-refractivity contribution < 1.29 is 0 Å². The number of hydrogen-bond donors (Lipinski definition) is 1. The zero-order valence-corrected chi connectivity index (χ0v) is 7.16. The van der Waals surface area contributed by atoms with Gasteiger partial charge in [-0.3, -0.25) is 0 Å². The van der Waals surface area contributed by atoms with Gasteiger partial charge in [-0.1, -0.05) is 18.2 Å². The Labute approximate surface area is 73.0 Å². The highest BCUT2D eigenvalue weighted by Crippen LogP contribution is 2.23. The molecule has 0 fully saturated rings. The molecule has 0 bridgehead atoms. The molecule has 0 atom stereocenters. The van der Waals surface area contributed by atoms with E-state index in [4.69, 9.17) is 5.84 Å². The van der Waals surface area contributed by atoms with Crippen LogP contribution in [0.3, 0.4) is 0 Å². The van der Waals surface area contributed by atoms with E-state index in [1.807, 2.05) is 11.1 Å². The topological polar surface area (TPSA) is 29.3 Å². The summed E-state index contributed by atoms with van der Waals surface area (Å²) in [5, 5.41) is 1.86. The van der Waals surface area contributed by atoms with Crippen LogP contribution in [-0.2, 0) is 6.42 Å². The van der Waals surface area contributed by atoms with Crippen molar-refractivity contribution in [3.05, 3.63) is 29.8 Å². The van der Waals surface area contributed by atoms with Crippen molar-refractivity contribution in [1.29, 1.82) is 0 Å². The molecule has 12 heavy (non-hydrogen) atoms. The average Bonchev–Trinajstić information content (AvgIpc) is 2.29. The second-order valence-electron chi connectivity index (χ2n) is 3.28. The fraction of sp³-hybridized carbons (Fsp3) is 0.400. The summed E-state index contributed by atoms with van der Waals surface area (Å²) in [5.41, 5.74) is 2.59. The fourth-order valence-corrected chi connectivity index (χ4v) is 1.72. The maximum Gasteiger partial charge on any atom is 0.0549 e. The van der Waals surface area contributed by atoms with E-state index in [9.17, 15) is 0 Å². The number of nitrogens with two attached hydrogens (primary N) is 1. The Morgan fingerprint density at radius 1 is 1.17 bits per heavy atom. The minimum Gasteiger partial charge on any atom is -0.311 e. The summed E-state index contributed by atoms with van der Waals surface area (Å²) in [6.45, 7) is 0.983. The van der Waals surface area contributed by atoms with Crippen molar-refractivity contribution in [3.63, 3.8) is 0 Å². The summed E-state index contributed by atoms with van der Waals surface area (Å²) in [7, 11) is 0. The number of fused-ring (bicyclic) bond motifs is 1. The number of nitrogens with zero attached hydrogens (tertiary/aromatic N) is 1. The predicted octanol–water partition coefficient (Wildman–Crippen LogP) is 1.70. The van der Waals surface area contributed by atoms with Crippen LogP contribution in [0.5, 0.6) is 0 Å². The van der Waals surface area contributed by atoms with E-state index >= 15 is 0 Å². The molecule has 0 amide bonds. The maximum absolute atomic E-state index is 5.88. The molecule has 1 heterocycles. The Balaban J connectivity index is 2.39. The molecule has 0 aliphatic carbocycles. The van der Waals surface area contributed by atoms with Crippen molar-refractivity contribution in [3.8, 4) is 0 Å². The average molecular weight is 162 g/mol. The van der Waals surface area contributed by atoms with Gasteiger partial charge in [0, 0.05) is 6.54 Å². The van der Waals surface area contributed by atoms with E-state index in [-0.39, 0.29) is 0 Å². The smallest absolute Gasteiger partial charge is 0.0549 e. The second-order valence-corrected chi connectivity index (χ2v) is 3.28. The molecule has 2 nitrogen and oxygen atoms in total. The summed E-state index contributed by atoms with van der Waals surface area (Å²) >= 11 is 0. The van der Waals surface area contributed by atoms with E-state index in [2.05, 4.69) is 18.2 Å². The summed E-state index contributed by atoms with van der Waals surface area (Å²) in [6.07, 6.45) is 3.62. The molecule has 0 saturated carbocycles. The summed E-state index contributed by atoms with van der Waals surface area (Å²) in [6, 6.07) is 8.39. The zero-order chi connectivity index (χ0) is 8.39. The number of aryl methyl sites for hydroxylation is 1. The monoisotopic (exact) mass is 162 g/mol. The Hall–Kier alpha value is -1.02. The van der Waals surface area contributed by atoms with Gasteiger partial charge in [-0.2, -0.15) is 0 Å². The quantitative estimate of drug-likeness (QED) is 0.588. The maximum atomic E-state index is 5.88. The highest BCUT2D eigenvalue weighted by atomic mass is 15.4. The van der Waals surface area contributed by atoms with E-state index < -0.39 is 0 Å². The molecule has 0 saturated heterocycles. The molecule has 2 N–H and O–H groups in total. The van der Waals surface area contributed by atoms with Gasteiger partial charge < -0.3 is 5.01 Å². The second kappa shape index (κ2) is 3.15. The number of hydrogen-bond acceptors (Lipinski definition) is 2. The number of hydrazine groups is 1. The van der Waals surface area contributed by atoms with Crippen LogP contribution in [0.25, 0.3) is 0 Å². The lowest BCUT2D eigenvalue weighted by Crippen LogP contribution is -2.31. The van der Waals surface area contributed by atoms with Crippen molar-refractivity contribution in [2.45, 2.75) is 19.3 Å². The molecule has 1 aromatic rings. The first-order valence-electron chi connectivity index (χ1n) is 4.48. The Morgan fingerprint density at radius 3 is 2.92 bits per heavy atom. The zero-order valence-electron chi connectivity index (χ0n) is 7.16. The molecule has 2 heteroatoms. The highest BCUT2D eigenvalue weighted by molar-refractivity contribution is 5.52. The first-order chi connectivity index (χ1) is 5.88. The van der Waals surface area contributed by atoms with Crippen LogP contribution in [0, 0.1) is 0 Å². The minimum atomic E-state index is 0.983. The van der Waals surface area contributed by atoms with Gasteiger partial charge in [0.15, 0.2) is 0 Å². The van der Waals surface area contributed by atoms with Crippen molar-refractivity contribution >= 4 is 5.69 Å². The van der Waals surface area contributed by atoms with Crippen LogP contribution < -0.4 is 10.9 Å². The lowest BCUT2D eigenvalue weighted by molar-refractivity contribution is 0.731. The van der Waals surface area contributed by atoms with Crippen LogP contribution in [-0.4, -0.2) is 6.54 Å². The Kier molecular flexibility index (Phi) is 2.00. The molecule has 0 radical (unpaired) electrons.